The molecule has 6 nitrogen and oxygen atoms in total. The molecule has 0 spiro atoms. The van der Waals surface area contributed by atoms with Gasteiger partial charge in [-0.25, -0.2) is 4.79 Å². The lowest BCUT2D eigenvalue weighted by molar-refractivity contribution is 0.262. The lowest BCUT2D eigenvalue weighted by atomic mass is 10.1. The predicted octanol–water partition coefficient (Wildman–Crippen LogP) is 4.27. The minimum atomic E-state index is -0.355. The smallest absolute Gasteiger partial charge is 0.323 e. The van der Waals surface area contributed by atoms with Crippen LogP contribution in [0.1, 0.15) is 17.3 Å². The number of urea groups is 1. The Bertz CT molecular complexity index is 863. The van der Waals surface area contributed by atoms with Crippen molar-refractivity contribution >= 4 is 29.0 Å². The van der Waals surface area contributed by atoms with Crippen LogP contribution in [0, 0.1) is 6.92 Å². The second-order valence-electron chi connectivity index (χ2n) is 5.16. The lowest BCUT2D eigenvalue weighted by Crippen LogP contribution is -2.20. The van der Waals surface area contributed by atoms with Crippen LogP contribution in [0.5, 0.6) is 0 Å². The molecule has 0 fully saturated rings. The summed E-state index contributed by atoms with van der Waals surface area (Å²) in [6.45, 7) is 1.76. The van der Waals surface area contributed by atoms with E-state index >= 15 is 0 Å². The molecule has 0 aliphatic heterocycles. The summed E-state index contributed by atoms with van der Waals surface area (Å²) in [7, 11) is 0. The second-order valence-corrected chi connectivity index (χ2v) is 5.60. The third kappa shape index (κ3) is 4.11. The highest BCUT2D eigenvalue weighted by molar-refractivity contribution is 6.30. The molecule has 2 amide bonds. The van der Waals surface area contributed by atoms with Crippen LogP contribution in [0.25, 0.3) is 0 Å². The van der Waals surface area contributed by atoms with E-state index in [4.69, 9.17) is 16.1 Å². The molecule has 0 aliphatic rings. The minimum Gasteiger partial charge on any atom is -0.339 e. The van der Waals surface area contributed by atoms with Gasteiger partial charge in [-0.05, 0) is 36.8 Å². The Labute approximate surface area is 143 Å². The van der Waals surface area contributed by atoms with Gasteiger partial charge in [0.05, 0.1) is 6.42 Å². The quantitative estimate of drug-likeness (QED) is 0.742. The van der Waals surface area contributed by atoms with Gasteiger partial charge in [0.25, 0.3) is 0 Å². The summed E-state index contributed by atoms with van der Waals surface area (Å²) < 4.78 is 5.13. The number of hydrogen-bond acceptors (Lipinski definition) is 4. The number of rotatable bonds is 4. The molecule has 122 valence electrons. The summed E-state index contributed by atoms with van der Waals surface area (Å²) in [5.74, 6) is 1.08. The van der Waals surface area contributed by atoms with Crippen molar-refractivity contribution in [3.8, 4) is 0 Å². The monoisotopic (exact) mass is 342 g/mol. The molecule has 1 aromatic heterocycles. The molecule has 0 saturated carbocycles. The number of carbonyl (C=O) groups excluding carboxylic acids is 1. The summed E-state index contributed by atoms with van der Waals surface area (Å²) in [5, 5.41) is 9.89. The van der Waals surface area contributed by atoms with Gasteiger partial charge in [0, 0.05) is 16.4 Å². The summed E-state index contributed by atoms with van der Waals surface area (Å²) >= 11 is 5.91. The first-order valence-corrected chi connectivity index (χ1v) is 7.68. The van der Waals surface area contributed by atoms with Crippen LogP contribution in [0.4, 0.5) is 16.2 Å². The van der Waals surface area contributed by atoms with E-state index < -0.39 is 0 Å². The largest absolute Gasteiger partial charge is 0.339 e. The number of aromatic nitrogens is 2. The molecule has 0 unspecified atom stereocenters. The van der Waals surface area contributed by atoms with Crippen molar-refractivity contribution in [2.24, 2.45) is 0 Å². The number of anilines is 2. The van der Waals surface area contributed by atoms with E-state index in [2.05, 4.69) is 20.8 Å². The Kier molecular flexibility index (Phi) is 4.77. The number of halogens is 1. The minimum absolute atomic E-state index is 0.355. The third-order valence-electron chi connectivity index (χ3n) is 3.26. The van der Waals surface area contributed by atoms with Crippen molar-refractivity contribution in [3.05, 3.63) is 70.8 Å². The lowest BCUT2D eigenvalue weighted by Gasteiger charge is -2.11. The maximum atomic E-state index is 12.2. The highest BCUT2D eigenvalue weighted by Crippen LogP contribution is 2.20. The molecule has 3 aromatic rings. The fourth-order valence-electron chi connectivity index (χ4n) is 2.22. The fraction of sp³-hybridized carbons (Fsp3) is 0.118. The molecule has 2 N–H and O–H groups in total. The van der Waals surface area contributed by atoms with Gasteiger partial charge in [0.1, 0.15) is 0 Å². The van der Waals surface area contributed by atoms with Crippen LogP contribution in [0.2, 0.25) is 5.02 Å². The highest BCUT2D eigenvalue weighted by Gasteiger charge is 2.10. The van der Waals surface area contributed by atoms with E-state index in [9.17, 15) is 4.79 Å². The number of hydrogen-bond donors (Lipinski definition) is 2. The van der Waals surface area contributed by atoms with E-state index in [1.54, 1.807) is 31.2 Å². The van der Waals surface area contributed by atoms with Gasteiger partial charge in [0.15, 0.2) is 5.82 Å². The van der Waals surface area contributed by atoms with Crippen LogP contribution in [0.15, 0.2) is 53.1 Å². The summed E-state index contributed by atoms with van der Waals surface area (Å²) in [6, 6.07) is 14.0. The van der Waals surface area contributed by atoms with Gasteiger partial charge in [-0.3, -0.25) is 0 Å². The molecule has 0 bridgehead atoms. The molecule has 0 radical (unpaired) electrons. The first-order valence-electron chi connectivity index (χ1n) is 7.31. The third-order valence-corrected chi connectivity index (χ3v) is 3.49. The zero-order valence-electron chi connectivity index (χ0n) is 12.9. The average molecular weight is 343 g/mol. The van der Waals surface area contributed by atoms with Gasteiger partial charge in [-0.2, -0.15) is 4.98 Å². The number of nitrogens with zero attached hydrogens (tertiary/aromatic N) is 2. The second kappa shape index (κ2) is 7.14. The molecule has 2 aromatic carbocycles. The van der Waals surface area contributed by atoms with E-state index in [0.717, 1.165) is 5.56 Å². The molecule has 3 rings (SSSR count). The summed E-state index contributed by atoms with van der Waals surface area (Å²) in [6.07, 6.45) is 0.439. The van der Waals surface area contributed by atoms with Crippen molar-refractivity contribution in [2.75, 3.05) is 10.6 Å². The number of aryl methyl sites for hydroxylation is 1. The Balaban J connectivity index is 1.71. The van der Waals surface area contributed by atoms with Gasteiger partial charge in [-0.1, -0.05) is 41.0 Å². The molecular formula is C17H15ClN4O2. The van der Waals surface area contributed by atoms with Gasteiger partial charge in [-0.15, -0.1) is 0 Å². The average Bonchev–Trinajstić information content (AvgIpc) is 2.94. The molecule has 0 atom stereocenters. The molecule has 1 heterocycles. The van der Waals surface area contributed by atoms with Crippen LogP contribution in [0.3, 0.4) is 0 Å². The van der Waals surface area contributed by atoms with Gasteiger partial charge < -0.3 is 15.2 Å². The summed E-state index contributed by atoms with van der Waals surface area (Å²) in [4.78, 5) is 16.4. The highest BCUT2D eigenvalue weighted by atomic mass is 35.5. The van der Waals surface area contributed by atoms with Crippen molar-refractivity contribution in [2.45, 2.75) is 13.3 Å². The van der Waals surface area contributed by atoms with Crippen molar-refractivity contribution in [1.29, 1.82) is 0 Å². The Morgan fingerprint density at radius 1 is 1.17 bits per heavy atom. The van der Waals surface area contributed by atoms with Crippen LogP contribution < -0.4 is 10.6 Å². The normalized spacial score (nSPS) is 10.4. The van der Waals surface area contributed by atoms with Crippen LogP contribution in [-0.2, 0) is 6.42 Å². The molecule has 7 heteroatoms. The first-order chi connectivity index (χ1) is 11.6. The van der Waals surface area contributed by atoms with Crippen molar-refractivity contribution < 1.29 is 9.32 Å². The molecule has 0 aliphatic carbocycles. The van der Waals surface area contributed by atoms with E-state index in [1.165, 1.54) is 0 Å². The summed E-state index contributed by atoms with van der Waals surface area (Å²) in [5.41, 5.74) is 2.17. The standard InChI is InChI=1S/C17H15ClN4O2/c1-11-19-16(24-22-11)9-12-5-2-3-8-15(12)21-17(23)20-14-7-4-6-13(18)10-14/h2-8,10H,9H2,1H3,(H2,20,21,23). The number of para-hydroxylation sites is 1. The maximum absolute atomic E-state index is 12.2. The first kappa shape index (κ1) is 16.0. The van der Waals surface area contributed by atoms with Crippen molar-refractivity contribution in [3.63, 3.8) is 0 Å². The number of carbonyl (C=O) groups is 1. The fourth-order valence-corrected chi connectivity index (χ4v) is 2.41. The number of nitrogens with one attached hydrogen (secondary N) is 2. The topological polar surface area (TPSA) is 80.0 Å². The van der Waals surface area contributed by atoms with E-state index in [0.29, 0.717) is 34.5 Å². The van der Waals surface area contributed by atoms with Crippen LogP contribution >= 0.6 is 11.6 Å². The molecule has 24 heavy (non-hydrogen) atoms. The van der Waals surface area contributed by atoms with Crippen molar-refractivity contribution in [1.82, 2.24) is 10.1 Å². The van der Waals surface area contributed by atoms with Gasteiger partial charge >= 0.3 is 6.03 Å². The van der Waals surface area contributed by atoms with E-state index in [-0.39, 0.29) is 6.03 Å². The number of benzene rings is 2. The zero-order valence-corrected chi connectivity index (χ0v) is 13.7. The SMILES string of the molecule is Cc1noc(Cc2ccccc2NC(=O)Nc2cccc(Cl)c2)n1. The van der Waals surface area contributed by atoms with Gasteiger partial charge in [0.2, 0.25) is 5.89 Å². The predicted molar refractivity (Wildman–Crippen MR) is 92.4 cm³/mol. The number of amides is 2. The Morgan fingerprint density at radius 3 is 2.75 bits per heavy atom. The Morgan fingerprint density at radius 2 is 2.00 bits per heavy atom. The van der Waals surface area contributed by atoms with Crippen LogP contribution in [-0.4, -0.2) is 16.2 Å². The zero-order chi connectivity index (χ0) is 16.9. The Hall–Kier alpha value is -2.86. The van der Waals surface area contributed by atoms with E-state index in [1.807, 2.05) is 24.3 Å². The molecular weight excluding hydrogens is 328 g/mol. The maximum Gasteiger partial charge on any atom is 0.323 e. The molecule has 0 saturated heterocycles.